The number of sulfonamides is 1. The SMILES string of the molecule is CC[C@@H](C(=O)NC)N(Cc1ccccc1Cl)C(=O)CN(c1ccc(C)cc1)S(=O)(=O)c1ccccc1. The van der Waals surface area contributed by atoms with E-state index in [1.807, 2.05) is 6.92 Å². The Morgan fingerprint density at radius 1 is 0.944 bits per heavy atom. The topological polar surface area (TPSA) is 86.8 Å². The zero-order valence-corrected chi connectivity index (χ0v) is 22.1. The van der Waals surface area contributed by atoms with E-state index < -0.39 is 28.5 Å². The predicted molar refractivity (Wildman–Crippen MR) is 142 cm³/mol. The first-order valence-corrected chi connectivity index (χ1v) is 13.4. The van der Waals surface area contributed by atoms with Crippen molar-refractivity contribution in [3.05, 3.63) is 95.0 Å². The van der Waals surface area contributed by atoms with E-state index in [9.17, 15) is 18.0 Å². The van der Waals surface area contributed by atoms with Gasteiger partial charge in [-0.15, -0.1) is 0 Å². The number of hydrogen-bond acceptors (Lipinski definition) is 4. The van der Waals surface area contributed by atoms with E-state index in [4.69, 9.17) is 11.6 Å². The van der Waals surface area contributed by atoms with Gasteiger partial charge in [-0.1, -0.05) is 72.6 Å². The number of aryl methyl sites for hydroxylation is 1. The van der Waals surface area contributed by atoms with E-state index in [-0.39, 0.29) is 17.3 Å². The number of carbonyl (C=O) groups is 2. The largest absolute Gasteiger partial charge is 0.357 e. The summed E-state index contributed by atoms with van der Waals surface area (Å²) in [6, 6.07) is 21.1. The van der Waals surface area contributed by atoms with E-state index in [0.29, 0.717) is 22.7 Å². The molecule has 0 spiro atoms. The summed E-state index contributed by atoms with van der Waals surface area (Å²) in [5.41, 5.74) is 1.96. The molecule has 36 heavy (non-hydrogen) atoms. The summed E-state index contributed by atoms with van der Waals surface area (Å²) in [6.07, 6.45) is 0.339. The van der Waals surface area contributed by atoms with E-state index >= 15 is 0 Å². The van der Waals surface area contributed by atoms with Crippen LogP contribution in [-0.2, 0) is 26.2 Å². The molecule has 0 saturated heterocycles. The van der Waals surface area contributed by atoms with Crippen LogP contribution in [0.3, 0.4) is 0 Å². The van der Waals surface area contributed by atoms with E-state index in [2.05, 4.69) is 5.32 Å². The summed E-state index contributed by atoms with van der Waals surface area (Å²) in [5, 5.41) is 3.05. The molecule has 2 amide bonds. The molecule has 9 heteroatoms. The molecule has 3 rings (SSSR count). The molecule has 0 unspecified atom stereocenters. The van der Waals surface area contributed by atoms with Crippen LogP contribution in [0.5, 0.6) is 0 Å². The fourth-order valence-corrected chi connectivity index (χ4v) is 5.49. The number of amides is 2. The molecule has 0 radical (unpaired) electrons. The normalized spacial score (nSPS) is 12.0. The lowest BCUT2D eigenvalue weighted by Gasteiger charge is -2.33. The Balaban J connectivity index is 2.05. The van der Waals surface area contributed by atoms with Gasteiger partial charge in [-0.3, -0.25) is 13.9 Å². The maximum Gasteiger partial charge on any atom is 0.264 e. The summed E-state index contributed by atoms with van der Waals surface area (Å²) < 4.78 is 28.4. The standard InChI is InChI=1S/C27H30ClN3O4S/c1-4-25(27(33)29-3)30(18-21-10-8-9-13-24(21)28)26(32)19-31(22-16-14-20(2)15-17-22)36(34,35)23-11-6-5-7-12-23/h5-17,25H,4,18-19H2,1-3H3,(H,29,33)/t25-/m0/s1. The monoisotopic (exact) mass is 527 g/mol. The van der Waals surface area contributed by atoms with Gasteiger partial charge < -0.3 is 10.2 Å². The van der Waals surface area contributed by atoms with Crippen molar-refractivity contribution in [2.24, 2.45) is 0 Å². The number of halogens is 1. The molecule has 0 heterocycles. The molecule has 190 valence electrons. The molecule has 0 saturated carbocycles. The van der Waals surface area contributed by atoms with Gasteiger partial charge in [-0.05, 0) is 49.2 Å². The Hall–Kier alpha value is -3.36. The molecule has 0 bridgehead atoms. The maximum absolute atomic E-state index is 13.8. The van der Waals surface area contributed by atoms with Crippen molar-refractivity contribution in [2.45, 2.75) is 37.8 Å². The Morgan fingerprint density at radius 3 is 2.14 bits per heavy atom. The van der Waals surface area contributed by atoms with Crippen LogP contribution in [0.1, 0.15) is 24.5 Å². The molecule has 3 aromatic carbocycles. The van der Waals surface area contributed by atoms with Gasteiger partial charge in [0.05, 0.1) is 10.6 Å². The number of likely N-dealkylation sites (N-methyl/N-ethyl adjacent to an activating group) is 1. The Kier molecular flexibility index (Phi) is 9.12. The fraction of sp³-hybridized carbons (Fsp3) is 0.259. The minimum Gasteiger partial charge on any atom is -0.357 e. The van der Waals surface area contributed by atoms with Crippen LogP contribution in [0, 0.1) is 6.92 Å². The number of anilines is 1. The number of nitrogens with zero attached hydrogens (tertiary/aromatic N) is 2. The number of carbonyl (C=O) groups excluding carboxylic acids is 2. The number of nitrogens with one attached hydrogen (secondary N) is 1. The van der Waals surface area contributed by atoms with Crippen molar-refractivity contribution in [3.8, 4) is 0 Å². The second kappa shape index (κ2) is 12.1. The highest BCUT2D eigenvalue weighted by molar-refractivity contribution is 7.92. The first-order chi connectivity index (χ1) is 17.2. The first kappa shape index (κ1) is 27.2. The number of rotatable bonds is 10. The van der Waals surface area contributed by atoms with Crippen LogP contribution in [0.25, 0.3) is 0 Å². The van der Waals surface area contributed by atoms with E-state index in [1.165, 1.54) is 24.1 Å². The van der Waals surface area contributed by atoms with E-state index in [1.54, 1.807) is 73.7 Å². The Labute approximate surface area is 217 Å². The molecule has 0 aromatic heterocycles. The molecule has 0 aliphatic heterocycles. The molecule has 3 aromatic rings. The molecule has 0 aliphatic rings. The van der Waals surface area contributed by atoms with Crippen molar-refractivity contribution in [1.29, 1.82) is 0 Å². The molecular weight excluding hydrogens is 498 g/mol. The Morgan fingerprint density at radius 2 is 1.56 bits per heavy atom. The van der Waals surface area contributed by atoms with Gasteiger partial charge in [-0.25, -0.2) is 8.42 Å². The lowest BCUT2D eigenvalue weighted by molar-refractivity contribution is -0.140. The average Bonchev–Trinajstić information content (AvgIpc) is 2.89. The molecule has 1 atom stereocenters. The zero-order valence-electron chi connectivity index (χ0n) is 20.5. The van der Waals surface area contributed by atoms with Crippen LogP contribution in [0.2, 0.25) is 5.02 Å². The maximum atomic E-state index is 13.8. The number of hydrogen-bond donors (Lipinski definition) is 1. The third-order valence-corrected chi connectivity index (χ3v) is 8.02. The minimum atomic E-state index is -4.08. The van der Waals surface area contributed by atoms with Gasteiger partial charge in [0.2, 0.25) is 11.8 Å². The first-order valence-electron chi connectivity index (χ1n) is 11.6. The molecule has 7 nitrogen and oxygen atoms in total. The van der Waals surface area contributed by atoms with Crippen molar-refractivity contribution in [1.82, 2.24) is 10.2 Å². The lowest BCUT2D eigenvalue weighted by Crippen LogP contribution is -2.51. The van der Waals surface area contributed by atoms with Crippen molar-refractivity contribution < 1.29 is 18.0 Å². The van der Waals surface area contributed by atoms with Gasteiger partial charge in [0.25, 0.3) is 10.0 Å². The van der Waals surface area contributed by atoms with Gasteiger partial charge >= 0.3 is 0 Å². The quantitative estimate of drug-likeness (QED) is 0.423. The summed E-state index contributed by atoms with van der Waals surface area (Å²) in [7, 11) is -2.57. The minimum absolute atomic E-state index is 0.0531. The summed E-state index contributed by atoms with van der Waals surface area (Å²) in [5.74, 6) is -0.865. The Bertz CT molecular complexity index is 1300. The molecular formula is C27H30ClN3O4S. The lowest BCUT2D eigenvalue weighted by atomic mass is 10.1. The highest BCUT2D eigenvalue weighted by Crippen LogP contribution is 2.26. The van der Waals surface area contributed by atoms with Crippen molar-refractivity contribution in [3.63, 3.8) is 0 Å². The third kappa shape index (κ3) is 6.25. The highest BCUT2D eigenvalue weighted by Gasteiger charge is 2.33. The van der Waals surface area contributed by atoms with Gasteiger partial charge in [0.15, 0.2) is 0 Å². The molecule has 0 fully saturated rings. The summed E-state index contributed by atoms with van der Waals surface area (Å²) in [6.45, 7) is 3.26. The van der Waals surface area contributed by atoms with Crippen LogP contribution in [0.15, 0.2) is 83.8 Å². The zero-order chi connectivity index (χ0) is 26.3. The van der Waals surface area contributed by atoms with Gasteiger partial charge in [-0.2, -0.15) is 0 Å². The van der Waals surface area contributed by atoms with Crippen molar-refractivity contribution >= 4 is 39.1 Å². The predicted octanol–water partition coefficient (Wildman–Crippen LogP) is 4.40. The molecule has 0 aliphatic carbocycles. The van der Waals surface area contributed by atoms with Crippen molar-refractivity contribution in [2.75, 3.05) is 17.9 Å². The second-order valence-corrected chi connectivity index (χ2v) is 10.6. The highest BCUT2D eigenvalue weighted by atomic mass is 35.5. The fourth-order valence-electron chi connectivity index (χ4n) is 3.86. The number of benzene rings is 3. The van der Waals surface area contributed by atoms with Gasteiger partial charge in [0.1, 0.15) is 12.6 Å². The van der Waals surface area contributed by atoms with Gasteiger partial charge in [0, 0.05) is 18.6 Å². The smallest absolute Gasteiger partial charge is 0.264 e. The second-order valence-electron chi connectivity index (χ2n) is 8.31. The third-order valence-electron chi connectivity index (χ3n) is 5.86. The summed E-state index contributed by atoms with van der Waals surface area (Å²) in [4.78, 5) is 28.0. The van der Waals surface area contributed by atoms with Crippen LogP contribution in [-0.4, -0.2) is 44.8 Å². The van der Waals surface area contributed by atoms with Crippen LogP contribution >= 0.6 is 11.6 Å². The van der Waals surface area contributed by atoms with Crippen LogP contribution < -0.4 is 9.62 Å². The van der Waals surface area contributed by atoms with E-state index in [0.717, 1.165) is 9.87 Å². The summed E-state index contributed by atoms with van der Waals surface area (Å²) >= 11 is 6.36. The van der Waals surface area contributed by atoms with Crippen LogP contribution in [0.4, 0.5) is 5.69 Å². The molecule has 1 N–H and O–H groups in total. The average molecular weight is 528 g/mol.